The minimum Gasteiger partial charge on any atom is -0.493 e. The van der Waals surface area contributed by atoms with E-state index < -0.39 is 0 Å². The van der Waals surface area contributed by atoms with E-state index in [1.165, 1.54) is 10.5 Å². The molecule has 0 fully saturated rings. The first-order chi connectivity index (χ1) is 11.3. The van der Waals surface area contributed by atoms with Gasteiger partial charge in [-0.1, -0.05) is 30.0 Å². The van der Waals surface area contributed by atoms with Crippen molar-refractivity contribution < 1.29 is 9.47 Å². The Balaban J connectivity index is 2.01. The minimum atomic E-state index is 0.649. The summed E-state index contributed by atoms with van der Waals surface area (Å²) in [4.78, 5) is 5.69. The van der Waals surface area contributed by atoms with Crippen LogP contribution in [0, 0.1) is 0 Å². The number of hydrogen-bond donors (Lipinski definition) is 2. The van der Waals surface area contributed by atoms with Crippen LogP contribution in [-0.2, 0) is 6.42 Å². The third-order valence-corrected chi connectivity index (χ3v) is 4.93. The van der Waals surface area contributed by atoms with Crippen molar-refractivity contribution >= 4 is 22.7 Å². The van der Waals surface area contributed by atoms with Crippen LogP contribution in [0.15, 0.2) is 52.4 Å². The van der Waals surface area contributed by atoms with Crippen molar-refractivity contribution in [3.05, 3.63) is 48.2 Å². The van der Waals surface area contributed by atoms with Gasteiger partial charge in [-0.15, -0.1) is 0 Å². The van der Waals surface area contributed by atoms with Gasteiger partial charge in [0.25, 0.3) is 0 Å². The fourth-order valence-electron chi connectivity index (χ4n) is 2.59. The lowest BCUT2D eigenvalue weighted by atomic mass is 10.1. The summed E-state index contributed by atoms with van der Waals surface area (Å²) in [6, 6.07) is 12.4. The molecule has 120 valence electrons. The molecule has 0 aliphatic heterocycles. The first-order valence-electron chi connectivity index (χ1n) is 7.45. The molecule has 4 nitrogen and oxygen atoms in total. The Morgan fingerprint density at radius 2 is 1.78 bits per heavy atom. The molecule has 1 heterocycles. The van der Waals surface area contributed by atoms with Crippen molar-refractivity contribution in [2.24, 2.45) is 5.73 Å². The van der Waals surface area contributed by atoms with Gasteiger partial charge in [0.05, 0.1) is 19.7 Å². The Bertz CT molecular complexity index is 814. The maximum absolute atomic E-state index is 5.72. The number of fused-ring (bicyclic) bond motifs is 1. The summed E-state index contributed by atoms with van der Waals surface area (Å²) < 4.78 is 10.8. The van der Waals surface area contributed by atoms with Crippen molar-refractivity contribution in [3.8, 4) is 11.5 Å². The van der Waals surface area contributed by atoms with Crippen molar-refractivity contribution in [2.45, 2.75) is 16.2 Å². The summed E-state index contributed by atoms with van der Waals surface area (Å²) >= 11 is 1.74. The van der Waals surface area contributed by atoms with Crippen LogP contribution in [0.5, 0.6) is 11.5 Å². The molecule has 0 aliphatic rings. The van der Waals surface area contributed by atoms with E-state index in [1.807, 2.05) is 18.3 Å². The largest absolute Gasteiger partial charge is 0.493 e. The van der Waals surface area contributed by atoms with E-state index in [-0.39, 0.29) is 0 Å². The highest BCUT2D eigenvalue weighted by Gasteiger charge is 2.12. The SMILES string of the molecule is COc1cc2[nH]cc(Sc3ccccc3CCN)c2cc1OC. The topological polar surface area (TPSA) is 60.3 Å². The fraction of sp³-hybridized carbons (Fsp3) is 0.222. The van der Waals surface area contributed by atoms with Crippen LogP contribution in [-0.4, -0.2) is 25.7 Å². The van der Waals surface area contributed by atoms with Crippen molar-refractivity contribution in [1.29, 1.82) is 0 Å². The van der Waals surface area contributed by atoms with Gasteiger partial charge >= 0.3 is 0 Å². The van der Waals surface area contributed by atoms with Gasteiger partial charge in [0.15, 0.2) is 11.5 Å². The van der Waals surface area contributed by atoms with Gasteiger partial charge in [0.1, 0.15) is 0 Å². The maximum atomic E-state index is 5.72. The summed E-state index contributed by atoms with van der Waals surface area (Å²) in [5, 5.41) is 1.12. The van der Waals surface area contributed by atoms with E-state index >= 15 is 0 Å². The second kappa shape index (κ2) is 6.98. The van der Waals surface area contributed by atoms with Crippen LogP contribution in [0.1, 0.15) is 5.56 Å². The highest BCUT2D eigenvalue weighted by Crippen LogP contribution is 2.39. The molecular weight excluding hydrogens is 308 g/mol. The molecule has 5 heteroatoms. The molecule has 0 bridgehead atoms. The third-order valence-electron chi connectivity index (χ3n) is 3.75. The summed E-state index contributed by atoms with van der Waals surface area (Å²) in [6.45, 7) is 0.649. The van der Waals surface area contributed by atoms with Crippen LogP contribution in [0.2, 0.25) is 0 Å². The van der Waals surface area contributed by atoms with Crippen LogP contribution in [0.4, 0.5) is 0 Å². The number of methoxy groups -OCH3 is 2. The lowest BCUT2D eigenvalue weighted by Crippen LogP contribution is -2.03. The number of nitrogens with two attached hydrogens (primary N) is 1. The first-order valence-corrected chi connectivity index (χ1v) is 8.27. The maximum Gasteiger partial charge on any atom is 0.162 e. The minimum absolute atomic E-state index is 0.649. The van der Waals surface area contributed by atoms with Gasteiger partial charge in [-0.3, -0.25) is 0 Å². The quantitative estimate of drug-likeness (QED) is 0.722. The zero-order valence-corrected chi connectivity index (χ0v) is 14.1. The average Bonchev–Trinajstić information content (AvgIpc) is 2.97. The van der Waals surface area contributed by atoms with Gasteiger partial charge in [0, 0.05) is 27.4 Å². The number of H-pyrrole nitrogens is 1. The van der Waals surface area contributed by atoms with Crippen LogP contribution < -0.4 is 15.2 Å². The summed E-state index contributed by atoms with van der Waals surface area (Å²) in [7, 11) is 3.30. The van der Waals surface area contributed by atoms with Crippen molar-refractivity contribution in [3.63, 3.8) is 0 Å². The Labute approximate surface area is 140 Å². The Morgan fingerprint density at radius 1 is 1.04 bits per heavy atom. The van der Waals surface area contributed by atoms with E-state index in [2.05, 4.69) is 29.2 Å². The summed E-state index contributed by atoms with van der Waals surface area (Å²) in [5.41, 5.74) is 8.02. The van der Waals surface area contributed by atoms with E-state index in [0.29, 0.717) is 6.54 Å². The molecule has 3 rings (SSSR count). The average molecular weight is 328 g/mol. The highest BCUT2D eigenvalue weighted by atomic mass is 32.2. The zero-order chi connectivity index (χ0) is 16.2. The Kier molecular flexibility index (Phi) is 4.79. The predicted octanol–water partition coefficient (Wildman–Crippen LogP) is 3.84. The number of benzene rings is 2. The van der Waals surface area contributed by atoms with Crippen LogP contribution >= 0.6 is 11.8 Å². The van der Waals surface area contributed by atoms with Gasteiger partial charge in [-0.25, -0.2) is 0 Å². The number of nitrogens with one attached hydrogen (secondary N) is 1. The monoisotopic (exact) mass is 328 g/mol. The molecule has 0 saturated heterocycles. The molecule has 1 aromatic heterocycles. The molecular formula is C18H20N2O2S. The molecule has 3 N–H and O–H groups in total. The number of hydrogen-bond acceptors (Lipinski definition) is 4. The smallest absolute Gasteiger partial charge is 0.162 e. The number of aromatic nitrogens is 1. The van der Waals surface area contributed by atoms with Crippen molar-refractivity contribution in [1.82, 2.24) is 4.98 Å². The highest BCUT2D eigenvalue weighted by molar-refractivity contribution is 7.99. The first kappa shape index (κ1) is 15.8. The van der Waals surface area contributed by atoms with E-state index in [9.17, 15) is 0 Å². The molecule has 0 amide bonds. The molecule has 2 aromatic carbocycles. The van der Waals surface area contributed by atoms with Gasteiger partial charge in [0.2, 0.25) is 0 Å². The van der Waals surface area contributed by atoms with Crippen molar-refractivity contribution in [2.75, 3.05) is 20.8 Å². The molecule has 0 aliphatic carbocycles. The summed E-state index contributed by atoms with van der Waals surface area (Å²) in [5.74, 6) is 1.46. The third kappa shape index (κ3) is 3.16. The Hall–Kier alpha value is -2.11. The number of ether oxygens (including phenoxy) is 2. The lowest BCUT2D eigenvalue weighted by molar-refractivity contribution is 0.356. The number of aromatic amines is 1. The van der Waals surface area contributed by atoms with Crippen LogP contribution in [0.25, 0.3) is 10.9 Å². The predicted molar refractivity (Wildman–Crippen MR) is 94.7 cm³/mol. The molecule has 23 heavy (non-hydrogen) atoms. The lowest BCUT2D eigenvalue weighted by Gasteiger charge is -2.09. The Morgan fingerprint density at radius 3 is 2.52 bits per heavy atom. The standard InChI is InChI=1S/C18H20N2O2S/c1-21-15-9-13-14(10-16(15)22-2)20-11-18(13)23-17-6-4-3-5-12(17)7-8-19/h3-6,9-11,20H,7-8,19H2,1-2H3. The van der Waals surface area contributed by atoms with E-state index in [4.69, 9.17) is 15.2 Å². The molecule has 0 spiro atoms. The normalized spacial score (nSPS) is 10.9. The molecule has 0 atom stereocenters. The van der Waals surface area contributed by atoms with E-state index in [1.54, 1.807) is 26.0 Å². The second-order valence-corrected chi connectivity index (χ2v) is 6.24. The van der Waals surface area contributed by atoms with Gasteiger partial charge < -0.3 is 20.2 Å². The molecule has 0 unspecified atom stereocenters. The molecule has 0 saturated carbocycles. The fourth-order valence-corrected chi connectivity index (χ4v) is 3.67. The van der Waals surface area contributed by atoms with E-state index in [0.717, 1.165) is 33.7 Å². The van der Waals surface area contributed by atoms with Gasteiger partial charge in [-0.2, -0.15) is 0 Å². The summed E-state index contributed by atoms with van der Waals surface area (Å²) in [6.07, 6.45) is 2.90. The second-order valence-electron chi connectivity index (χ2n) is 5.15. The zero-order valence-electron chi connectivity index (χ0n) is 13.3. The number of rotatable bonds is 6. The van der Waals surface area contributed by atoms with Gasteiger partial charge in [-0.05, 0) is 30.7 Å². The van der Waals surface area contributed by atoms with Crippen LogP contribution in [0.3, 0.4) is 0 Å². The molecule has 0 radical (unpaired) electrons. The molecule has 3 aromatic rings.